The van der Waals surface area contributed by atoms with Crippen LogP contribution in [0.2, 0.25) is 0 Å². The Morgan fingerprint density at radius 2 is 2.22 bits per heavy atom. The molecule has 0 aliphatic rings. The van der Waals surface area contributed by atoms with E-state index in [2.05, 4.69) is 6.92 Å². The van der Waals surface area contributed by atoms with Crippen LogP contribution in [-0.4, -0.2) is 19.3 Å². The predicted octanol–water partition coefficient (Wildman–Crippen LogP) is 1.15. The molecule has 0 amide bonds. The van der Waals surface area contributed by atoms with E-state index in [0.29, 0.717) is 6.54 Å². The van der Waals surface area contributed by atoms with Gasteiger partial charge in [-0.3, -0.25) is 0 Å². The Morgan fingerprint density at radius 3 is 2.67 bits per heavy atom. The summed E-state index contributed by atoms with van der Waals surface area (Å²) in [5.74, 6) is 0. The highest BCUT2D eigenvalue weighted by molar-refractivity contribution is 4.47. The minimum Gasteiger partial charge on any atom is -0.377 e. The highest BCUT2D eigenvalue weighted by Gasteiger charge is 1.95. The standard InChI is InChI=1S/C7H17NO/c1-3-4-5-9-7(2)6-8/h7H,3-6,8H2,1-2H3/t7-/m0/s1. The minimum atomic E-state index is 0.233. The molecule has 0 saturated carbocycles. The molecule has 0 spiro atoms. The fourth-order valence-electron chi connectivity index (χ4n) is 0.497. The first kappa shape index (κ1) is 8.92. The molecule has 0 aliphatic carbocycles. The van der Waals surface area contributed by atoms with E-state index in [1.165, 1.54) is 6.42 Å². The summed E-state index contributed by atoms with van der Waals surface area (Å²) >= 11 is 0. The summed E-state index contributed by atoms with van der Waals surface area (Å²) in [5, 5.41) is 0. The first-order valence-corrected chi connectivity index (χ1v) is 3.63. The maximum absolute atomic E-state index is 5.33. The molecular weight excluding hydrogens is 114 g/mol. The van der Waals surface area contributed by atoms with Crippen LogP contribution in [0.5, 0.6) is 0 Å². The first-order chi connectivity index (χ1) is 4.31. The van der Waals surface area contributed by atoms with Crippen molar-refractivity contribution < 1.29 is 4.74 Å². The zero-order valence-electron chi connectivity index (χ0n) is 6.39. The van der Waals surface area contributed by atoms with Crippen LogP contribution in [0.1, 0.15) is 26.7 Å². The van der Waals surface area contributed by atoms with E-state index in [4.69, 9.17) is 10.5 Å². The topological polar surface area (TPSA) is 35.2 Å². The molecule has 2 N–H and O–H groups in total. The van der Waals surface area contributed by atoms with E-state index < -0.39 is 0 Å². The third-order valence-corrected chi connectivity index (χ3v) is 1.23. The van der Waals surface area contributed by atoms with Gasteiger partial charge in [-0.25, -0.2) is 0 Å². The molecule has 0 aromatic heterocycles. The molecule has 0 bridgehead atoms. The smallest absolute Gasteiger partial charge is 0.0669 e. The van der Waals surface area contributed by atoms with E-state index in [0.717, 1.165) is 13.0 Å². The molecule has 56 valence electrons. The van der Waals surface area contributed by atoms with E-state index in [9.17, 15) is 0 Å². The summed E-state index contributed by atoms with van der Waals surface area (Å²) in [6.07, 6.45) is 2.57. The fourth-order valence-corrected chi connectivity index (χ4v) is 0.497. The van der Waals surface area contributed by atoms with Gasteiger partial charge in [0.05, 0.1) is 6.10 Å². The van der Waals surface area contributed by atoms with E-state index >= 15 is 0 Å². The van der Waals surface area contributed by atoms with Crippen molar-refractivity contribution in [1.82, 2.24) is 0 Å². The first-order valence-electron chi connectivity index (χ1n) is 3.63. The van der Waals surface area contributed by atoms with Gasteiger partial charge >= 0.3 is 0 Å². The number of unbranched alkanes of at least 4 members (excludes halogenated alkanes) is 1. The molecule has 0 aromatic rings. The molecule has 9 heavy (non-hydrogen) atoms. The van der Waals surface area contributed by atoms with Crippen LogP contribution in [0.3, 0.4) is 0 Å². The Labute approximate surface area is 57.4 Å². The highest BCUT2D eigenvalue weighted by atomic mass is 16.5. The number of nitrogens with two attached hydrogens (primary N) is 1. The van der Waals surface area contributed by atoms with Crippen molar-refractivity contribution >= 4 is 0 Å². The second-order valence-corrected chi connectivity index (χ2v) is 2.27. The summed E-state index contributed by atoms with van der Waals surface area (Å²) in [4.78, 5) is 0. The molecule has 0 saturated heterocycles. The second-order valence-electron chi connectivity index (χ2n) is 2.27. The fraction of sp³-hybridized carbons (Fsp3) is 1.00. The Balaban J connectivity index is 2.88. The van der Waals surface area contributed by atoms with Crippen LogP contribution in [0.25, 0.3) is 0 Å². The van der Waals surface area contributed by atoms with Gasteiger partial charge in [0, 0.05) is 13.2 Å². The van der Waals surface area contributed by atoms with E-state index in [1.54, 1.807) is 0 Å². The minimum absolute atomic E-state index is 0.233. The van der Waals surface area contributed by atoms with Crippen LogP contribution in [0, 0.1) is 0 Å². The van der Waals surface area contributed by atoms with Crippen molar-refractivity contribution in [1.29, 1.82) is 0 Å². The van der Waals surface area contributed by atoms with Gasteiger partial charge in [0.2, 0.25) is 0 Å². The Kier molecular flexibility index (Phi) is 5.99. The van der Waals surface area contributed by atoms with Crippen molar-refractivity contribution in [3.8, 4) is 0 Å². The molecule has 0 radical (unpaired) electrons. The Morgan fingerprint density at radius 1 is 1.56 bits per heavy atom. The normalized spacial score (nSPS) is 13.7. The Bertz CT molecular complexity index is 56.9. The average Bonchev–Trinajstić information content (AvgIpc) is 1.89. The number of rotatable bonds is 5. The lowest BCUT2D eigenvalue weighted by molar-refractivity contribution is 0.0698. The zero-order chi connectivity index (χ0) is 7.11. The lowest BCUT2D eigenvalue weighted by atomic mass is 10.3. The van der Waals surface area contributed by atoms with Gasteiger partial charge in [-0.2, -0.15) is 0 Å². The number of hydrogen-bond donors (Lipinski definition) is 1. The van der Waals surface area contributed by atoms with Crippen LogP contribution < -0.4 is 5.73 Å². The van der Waals surface area contributed by atoms with Gasteiger partial charge in [0.15, 0.2) is 0 Å². The molecule has 1 atom stereocenters. The maximum atomic E-state index is 5.33. The van der Waals surface area contributed by atoms with E-state index in [-0.39, 0.29) is 6.10 Å². The van der Waals surface area contributed by atoms with Gasteiger partial charge in [0.1, 0.15) is 0 Å². The highest BCUT2D eigenvalue weighted by Crippen LogP contribution is 1.91. The molecule has 0 rings (SSSR count). The summed E-state index contributed by atoms with van der Waals surface area (Å²) in [6, 6.07) is 0. The summed E-state index contributed by atoms with van der Waals surface area (Å²) in [7, 11) is 0. The molecule has 0 aliphatic heterocycles. The molecule has 0 aromatic carbocycles. The largest absolute Gasteiger partial charge is 0.377 e. The number of ether oxygens (including phenoxy) is 1. The van der Waals surface area contributed by atoms with Crippen LogP contribution >= 0.6 is 0 Å². The third-order valence-electron chi connectivity index (χ3n) is 1.23. The summed E-state index contributed by atoms with van der Waals surface area (Å²) in [6.45, 7) is 5.63. The van der Waals surface area contributed by atoms with Crippen molar-refractivity contribution in [3.63, 3.8) is 0 Å². The van der Waals surface area contributed by atoms with Crippen molar-refractivity contribution in [2.75, 3.05) is 13.2 Å². The molecule has 0 fully saturated rings. The van der Waals surface area contributed by atoms with Gasteiger partial charge in [-0.05, 0) is 13.3 Å². The van der Waals surface area contributed by atoms with Crippen LogP contribution in [0.4, 0.5) is 0 Å². The lowest BCUT2D eigenvalue weighted by Crippen LogP contribution is -2.20. The van der Waals surface area contributed by atoms with Gasteiger partial charge < -0.3 is 10.5 Å². The van der Waals surface area contributed by atoms with Crippen LogP contribution in [-0.2, 0) is 4.74 Å². The monoisotopic (exact) mass is 131 g/mol. The van der Waals surface area contributed by atoms with Gasteiger partial charge in [0.25, 0.3) is 0 Å². The Hall–Kier alpha value is -0.0800. The SMILES string of the molecule is CCCCO[C@@H](C)CN. The third kappa shape index (κ3) is 5.80. The zero-order valence-corrected chi connectivity index (χ0v) is 6.39. The summed E-state index contributed by atoms with van der Waals surface area (Å²) < 4.78 is 5.31. The molecule has 0 heterocycles. The second kappa shape index (κ2) is 6.05. The molecular formula is C7H17NO. The molecule has 2 heteroatoms. The molecule has 0 unspecified atom stereocenters. The van der Waals surface area contributed by atoms with Crippen molar-refractivity contribution in [2.45, 2.75) is 32.8 Å². The lowest BCUT2D eigenvalue weighted by Gasteiger charge is -2.08. The quantitative estimate of drug-likeness (QED) is 0.568. The average molecular weight is 131 g/mol. The van der Waals surface area contributed by atoms with Crippen molar-refractivity contribution in [3.05, 3.63) is 0 Å². The van der Waals surface area contributed by atoms with Crippen LogP contribution in [0.15, 0.2) is 0 Å². The summed E-state index contributed by atoms with van der Waals surface area (Å²) in [5.41, 5.74) is 5.33. The maximum Gasteiger partial charge on any atom is 0.0669 e. The van der Waals surface area contributed by atoms with Gasteiger partial charge in [-0.1, -0.05) is 13.3 Å². The number of hydrogen-bond acceptors (Lipinski definition) is 2. The van der Waals surface area contributed by atoms with Gasteiger partial charge in [-0.15, -0.1) is 0 Å². The predicted molar refractivity (Wildman–Crippen MR) is 39.4 cm³/mol. The molecule has 2 nitrogen and oxygen atoms in total. The van der Waals surface area contributed by atoms with Crippen molar-refractivity contribution in [2.24, 2.45) is 5.73 Å². The van der Waals surface area contributed by atoms with E-state index in [1.807, 2.05) is 6.92 Å².